The van der Waals surface area contributed by atoms with Gasteiger partial charge in [0.25, 0.3) is 5.56 Å². The molecule has 0 spiro atoms. The third-order valence-electron chi connectivity index (χ3n) is 6.05. The molecule has 0 saturated heterocycles. The van der Waals surface area contributed by atoms with Crippen molar-refractivity contribution in [1.82, 2.24) is 13.9 Å². The zero-order valence-electron chi connectivity index (χ0n) is 23.0. The summed E-state index contributed by atoms with van der Waals surface area (Å²) in [6, 6.07) is 5.31. The number of aromatic hydroxyl groups is 1. The molecule has 11 nitrogen and oxygen atoms in total. The number of nitrogens with zero attached hydrogens (tertiary/aromatic N) is 4. The highest BCUT2D eigenvalue weighted by atomic mass is 32.2. The smallest absolute Gasteiger partial charge is 0.419 e. The van der Waals surface area contributed by atoms with Crippen LogP contribution in [0.2, 0.25) is 0 Å². The van der Waals surface area contributed by atoms with Crippen molar-refractivity contribution in [3.05, 3.63) is 38.9 Å². The highest BCUT2D eigenvalue weighted by molar-refractivity contribution is 7.88. The van der Waals surface area contributed by atoms with Crippen LogP contribution in [0.3, 0.4) is 0 Å². The lowest BCUT2D eigenvalue weighted by Gasteiger charge is -2.28. The summed E-state index contributed by atoms with van der Waals surface area (Å²) in [7, 11) is -3.31. The van der Waals surface area contributed by atoms with Gasteiger partial charge in [0.05, 0.1) is 18.6 Å². The Bertz CT molecular complexity index is 1350. The summed E-state index contributed by atoms with van der Waals surface area (Å²) in [5.74, 6) is -0.412. The lowest BCUT2D eigenvalue weighted by molar-refractivity contribution is 0.154. The standard InChI is InChI=1S/C25H39N5O6S2/c1-7-11-16-36-25(33)30(21-22(31)28(9-3)24(37)29(10-4)23(21)32)20-13-12-19(17-18(20)5)27(8-2)15-14-26-38(6,34)35/h12-13,17,26,31H,7-11,14-16H2,1-6H3. The number of likely N-dealkylation sites (N-methyl/N-ethyl adjacent to an activating group) is 1. The van der Waals surface area contributed by atoms with Crippen LogP contribution in [-0.2, 0) is 27.8 Å². The van der Waals surface area contributed by atoms with Gasteiger partial charge < -0.3 is 14.7 Å². The van der Waals surface area contributed by atoms with Gasteiger partial charge in [-0.25, -0.2) is 22.8 Å². The van der Waals surface area contributed by atoms with E-state index in [1.54, 1.807) is 32.9 Å². The molecular weight excluding hydrogens is 530 g/mol. The fourth-order valence-electron chi connectivity index (χ4n) is 4.04. The monoisotopic (exact) mass is 569 g/mol. The Kier molecular flexibility index (Phi) is 11.3. The Morgan fingerprint density at radius 1 is 1.16 bits per heavy atom. The van der Waals surface area contributed by atoms with E-state index in [9.17, 15) is 23.1 Å². The van der Waals surface area contributed by atoms with E-state index < -0.39 is 27.6 Å². The van der Waals surface area contributed by atoms with Crippen LogP contribution in [0.25, 0.3) is 0 Å². The Hall–Kier alpha value is -2.90. The Morgan fingerprint density at radius 3 is 2.34 bits per heavy atom. The van der Waals surface area contributed by atoms with Crippen molar-refractivity contribution >= 4 is 45.4 Å². The Balaban J connectivity index is 2.65. The zero-order chi connectivity index (χ0) is 28.6. The first-order valence-electron chi connectivity index (χ1n) is 12.7. The molecule has 2 aromatic rings. The average molecular weight is 570 g/mol. The summed E-state index contributed by atoms with van der Waals surface area (Å²) in [6.07, 6.45) is 1.79. The van der Waals surface area contributed by atoms with Gasteiger partial charge in [-0.1, -0.05) is 13.3 Å². The molecule has 1 aromatic heterocycles. The molecule has 2 rings (SSSR count). The van der Waals surface area contributed by atoms with Crippen molar-refractivity contribution in [2.24, 2.45) is 0 Å². The van der Waals surface area contributed by atoms with Crippen molar-refractivity contribution in [3.8, 4) is 5.88 Å². The normalized spacial score (nSPS) is 11.4. The van der Waals surface area contributed by atoms with Crippen LogP contribution in [0, 0.1) is 11.7 Å². The van der Waals surface area contributed by atoms with Crippen molar-refractivity contribution in [2.75, 3.05) is 42.3 Å². The molecule has 0 aliphatic rings. The molecule has 1 amide bonds. The Morgan fingerprint density at radius 2 is 1.82 bits per heavy atom. The summed E-state index contributed by atoms with van der Waals surface area (Å²) >= 11 is 5.41. The van der Waals surface area contributed by atoms with Gasteiger partial charge in [-0.2, -0.15) is 0 Å². The molecular formula is C25H39N5O6S2. The second-order valence-corrected chi connectivity index (χ2v) is 11.0. The zero-order valence-corrected chi connectivity index (χ0v) is 24.6. The van der Waals surface area contributed by atoms with Gasteiger partial charge in [-0.3, -0.25) is 13.9 Å². The number of benzene rings is 1. The lowest BCUT2D eigenvalue weighted by atomic mass is 10.1. The Labute approximate surface area is 229 Å². The fraction of sp³-hybridized carbons (Fsp3) is 0.560. The number of nitrogens with one attached hydrogen (secondary N) is 1. The summed E-state index contributed by atoms with van der Waals surface area (Å²) in [5, 5.41) is 11.1. The molecule has 13 heteroatoms. The molecule has 0 saturated carbocycles. The van der Waals surface area contributed by atoms with E-state index >= 15 is 0 Å². The maximum Gasteiger partial charge on any atom is 0.419 e. The van der Waals surface area contributed by atoms with Gasteiger partial charge >= 0.3 is 6.09 Å². The van der Waals surface area contributed by atoms with Gasteiger partial charge in [-0.05, 0) is 70.1 Å². The number of rotatable bonds is 13. The fourth-order valence-corrected chi connectivity index (χ4v) is 4.93. The van der Waals surface area contributed by atoms with Crippen molar-refractivity contribution in [2.45, 2.75) is 60.5 Å². The molecule has 0 radical (unpaired) electrons. The van der Waals surface area contributed by atoms with Crippen LogP contribution in [0.1, 0.15) is 46.1 Å². The van der Waals surface area contributed by atoms with Crippen LogP contribution in [0.15, 0.2) is 23.0 Å². The average Bonchev–Trinajstić information content (AvgIpc) is 2.85. The summed E-state index contributed by atoms with van der Waals surface area (Å²) in [5.41, 5.74) is 0.997. The first kappa shape index (κ1) is 31.3. The van der Waals surface area contributed by atoms with E-state index in [-0.39, 0.29) is 30.2 Å². The molecule has 1 aromatic carbocycles. The maximum atomic E-state index is 13.5. The first-order valence-corrected chi connectivity index (χ1v) is 15.0. The summed E-state index contributed by atoms with van der Waals surface area (Å²) in [4.78, 5) is 30.0. The number of anilines is 3. The van der Waals surface area contributed by atoms with Crippen molar-refractivity contribution < 1.29 is 23.1 Å². The molecule has 38 heavy (non-hydrogen) atoms. The number of sulfonamides is 1. The first-order chi connectivity index (χ1) is 17.9. The number of carbonyl (C=O) groups is 1. The number of hydrogen-bond donors (Lipinski definition) is 2. The van der Waals surface area contributed by atoms with Crippen LogP contribution in [0.5, 0.6) is 5.88 Å². The molecule has 0 atom stereocenters. The van der Waals surface area contributed by atoms with Gasteiger partial charge in [0.1, 0.15) is 0 Å². The van der Waals surface area contributed by atoms with Crippen LogP contribution < -0.4 is 20.1 Å². The minimum absolute atomic E-state index is 0.161. The van der Waals surface area contributed by atoms with Crippen LogP contribution in [-0.4, -0.2) is 61.2 Å². The molecule has 1 heterocycles. The van der Waals surface area contributed by atoms with E-state index in [1.165, 1.54) is 9.13 Å². The van der Waals surface area contributed by atoms with E-state index in [0.29, 0.717) is 37.3 Å². The molecule has 212 valence electrons. The van der Waals surface area contributed by atoms with E-state index in [1.807, 2.05) is 24.8 Å². The van der Waals surface area contributed by atoms with Gasteiger partial charge in [0.15, 0.2) is 10.5 Å². The largest absolute Gasteiger partial charge is 0.493 e. The number of ether oxygens (including phenoxy) is 1. The molecule has 0 unspecified atom stereocenters. The summed E-state index contributed by atoms with van der Waals surface area (Å²) < 4.78 is 33.7. The van der Waals surface area contributed by atoms with E-state index in [2.05, 4.69) is 4.72 Å². The van der Waals surface area contributed by atoms with Gasteiger partial charge in [0, 0.05) is 38.4 Å². The number of unbranched alkanes of at least 4 members (excludes halogenated alkanes) is 1. The highest BCUT2D eigenvalue weighted by Gasteiger charge is 2.30. The minimum atomic E-state index is -3.31. The topological polar surface area (TPSA) is 126 Å². The number of aryl methyl sites for hydroxylation is 1. The highest BCUT2D eigenvalue weighted by Crippen LogP contribution is 2.35. The number of hydrogen-bond acceptors (Lipinski definition) is 8. The SMILES string of the molecule is CCCCOC(=O)N(c1ccc(N(CC)CCNS(C)(=O)=O)cc1C)c1c(O)n(CC)c(=S)n(CC)c1=O. The summed E-state index contributed by atoms with van der Waals surface area (Å²) in [6.45, 7) is 11.3. The third-order valence-corrected chi connectivity index (χ3v) is 7.22. The van der Waals surface area contributed by atoms with Crippen molar-refractivity contribution in [1.29, 1.82) is 0 Å². The molecule has 0 aliphatic heterocycles. The predicted octanol–water partition coefficient (Wildman–Crippen LogP) is 3.88. The van der Waals surface area contributed by atoms with Gasteiger partial charge in [-0.15, -0.1) is 0 Å². The lowest BCUT2D eigenvalue weighted by Crippen LogP contribution is -2.37. The van der Waals surface area contributed by atoms with E-state index in [4.69, 9.17) is 17.0 Å². The third kappa shape index (κ3) is 7.35. The number of carbonyl (C=O) groups excluding carboxylic acids is 1. The van der Waals surface area contributed by atoms with E-state index in [0.717, 1.165) is 23.3 Å². The molecule has 0 bridgehead atoms. The van der Waals surface area contributed by atoms with Crippen LogP contribution in [0.4, 0.5) is 21.9 Å². The molecule has 2 N–H and O–H groups in total. The second-order valence-electron chi connectivity index (χ2n) is 8.77. The van der Waals surface area contributed by atoms with Gasteiger partial charge in [0.2, 0.25) is 15.9 Å². The van der Waals surface area contributed by atoms with Crippen molar-refractivity contribution in [3.63, 3.8) is 0 Å². The molecule has 0 aliphatic carbocycles. The molecule has 0 fully saturated rings. The predicted molar refractivity (Wildman–Crippen MR) is 153 cm³/mol. The number of aromatic nitrogens is 2. The number of amides is 1. The minimum Gasteiger partial charge on any atom is -0.493 e. The van der Waals surface area contributed by atoms with Crippen LogP contribution >= 0.6 is 12.2 Å². The quantitative estimate of drug-likeness (QED) is 0.275. The maximum absolute atomic E-state index is 13.5. The second kappa shape index (κ2) is 13.8.